The van der Waals surface area contributed by atoms with E-state index in [0.717, 1.165) is 21.7 Å². The molecular weight excluding hydrogens is 484 g/mol. The molecule has 9 heteroatoms. The normalized spacial score (nSPS) is 15.9. The van der Waals surface area contributed by atoms with Crippen molar-refractivity contribution in [3.05, 3.63) is 88.2 Å². The third kappa shape index (κ3) is 5.65. The fraction of sp³-hybridized carbons (Fsp3) is 0.231. The number of hydrogen-bond donors (Lipinski definition) is 1. The van der Waals surface area contributed by atoms with Crippen LogP contribution in [0.3, 0.4) is 0 Å². The van der Waals surface area contributed by atoms with Gasteiger partial charge in [0.25, 0.3) is 0 Å². The van der Waals surface area contributed by atoms with Crippen LogP contribution in [0.4, 0.5) is 23.2 Å². The number of carbonyl (C=O) groups is 1. The number of aliphatic carboxylic acids is 1. The van der Waals surface area contributed by atoms with Crippen LogP contribution in [-0.2, 0) is 11.2 Å². The largest absolute Gasteiger partial charge is 0.481 e. The van der Waals surface area contributed by atoms with Crippen LogP contribution in [0.1, 0.15) is 29.5 Å². The highest BCUT2D eigenvalue weighted by Crippen LogP contribution is 2.34. The fourth-order valence-corrected chi connectivity index (χ4v) is 4.32. The molecule has 0 saturated heterocycles. The lowest BCUT2D eigenvalue weighted by atomic mass is 9.98. The minimum Gasteiger partial charge on any atom is -0.481 e. The van der Waals surface area contributed by atoms with Crippen molar-refractivity contribution in [2.75, 3.05) is 5.01 Å². The third-order valence-corrected chi connectivity index (χ3v) is 6.17. The summed E-state index contributed by atoms with van der Waals surface area (Å²) in [5.41, 5.74) is 3.07. The van der Waals surface area contributed by atoms with Gasteiger partial charge in [0.05, 0.1) is 18.2 Å². The Kier molecular flexibility index (Phi) is 6.85. The fourth-order valence-electron chi connectivity index (χ4n) is 4.07. The summed E-state index contributed by atoms with van der Waals surface area (Å²) in [6, 6.07) is 15.9. The second-order valence-electron chi connectivity index (χ2n) is 8.48. The Morgan fingerprint density at radius 1 is 1.11 bits per heavy atom. The Bertz CT molecular complexity index is 1290. The monoisotopic (exact) mass is 504 g/mol. The van der Waals surface area contributed by atoms with E-state index in [-0.39, 0.29) is 5.82 Å². The van der Waals surface area contributed by atoms with Gasteiger partial charge in [0.2, 0.25) is 0 Å². The van der Waals surface area contributed by atoms with E-state index in [4.69, 9.17) is 16.7 Å². The summed E-state index contributed by atoms with van der Waals surface area (Å²) in [4.78, 5) is 11.1. The van der Waals surface area contributed by atoms with Crippen molar-refractivity contribution in [1.82, 2.24) is 0 Å². The van der Waals surface area contributed by atoms with E-state index in [2.05, 4.69) is 5.10 Å². The summed E-state index contributed by atoms with van der Waals surface area (Å²) in [6.45, 7) is 1.88. The number of anilines is 1. The van der Waals surface area contributed by atoms with Crippen LogP contribution in [0.25, 0.3) is 11.1 Å². The van der Waals surface area contributed by atoms with Crippen LogP contribution in [0.2, 0.25) is 5.02 Å². The Morgan fingerprint density at radius 2 is 1.83 bits per heavy atom. The summed E-state index contributed by atoms with van der Waals surface area (Å²) < 4.78 is 53.7. The smallest absolute Gasteiger partial charge is 0.431 e. The average Bonchev–Trinajstić information content (AvgIpc) is 3.21. The molecule has 1 N–H and O–H groups in total. The van der Waals surface area contributed by atoms with Crippen molar-refractivity contribution in [2.45, 2.75) is 38.4 Å². The molecule has 0 amide bonds. The van der Waals surface area contributed by atoms with Crippen LogP contribution in [-0.4, -0.2) is 29.0 Å². The summed E-state index contributed by atoms with van der Waals surface area (Å²) in [6.07, 6.45) is -5.11. The molecule has 182 valence electrons. The molecule has 3 aromatic carbocycles. The highest BCUT2D eigenvalue weighted by Gasteiger charge is 2.43. The number of rotatable bonds is 6. The molecule has 0 bridgehead atoms. The van der Waals surface area contributed by atoms with Gasteiger partial charge in [-0.05, 0) is 60.4 Å². The maximum Gasteiger partial charge on any atom is 0.431 e. The van der Waals surface area contributed by atoms with E-state index < -0.39 is 36.7 Å². The van der Waals surface area contributed by atoms with Crippen LogP contribution in [0.15, 0.2) is 65.8 Å². The Labute approximate surface area is 204 Å². The van der Waals surface area contributed by atoms with Crippen molar-refractivity contribution in [1.29, 1.82) is 0 Å². The van der Waals surface area contributed by atoms with Crippen molar-refractivity contribution >= 4 is 29.0 Å². The second kappa shape index (κ2) is 9.70. The SMILES string of the molecule is Cc1ccc(F)c(-c2ccc(Cc3ccc(N4N=C(C(F)(F)F)C[C@@H]4CC(=O)O)cc3)c(Cl)c2)c1. The van der Waals surface area contributed by atoms with E-state index in [1.165, 1.54) is 6.07 Å². The summed E-state index contributed by atoms with van der Waals surface area (Å²) in [5.74, 6) is -1.53. The van der Waals surface area contributed by atoms with Gasteiger partial charge in [0.1, 0.15) is 11.5 Å². The Hall–Kier alpha value is -3.39. The summed E-state index contributed by atoms with van der Waals surface area (Å²) in [7, 11) is 0. The first-order valence-electron chi connectivity index (χ1n) is 10.8. The number of aryl methyl sites for hydroxylation is 1. The maximum absolute atomic E-state index is 14.2. The first-order valence-corrected chi connectivity index (χ1v) is 11.2. The van der Waals surface area contributed by atoms with Gasteiger partial charge in [0, 0.05) is 17.0 Å². The van der Waals surface area contributed by atoms with Gasteiger partial charge in [-0.15, -0.1) is 0 Å². The topological polar surface area (TPSA) is 52.9 Å². The summed E-state index contributed by atoms with van der Waals surface area (Å²) >= 11 is 6.47. The first-order chi connectivity index (χ1) is 16.5. The first kappa shape index (κ1) is 24.7. The number of halogens is 5. The molecule has 35 heavy (non-hydrogen) atoms. The lowest BCUT2D eigenvalue weighted by Gasteiger charge is -2.22. The predicted octanol–water partition coefficient (Wildman–Crippen LogP) is 7.02. The molecule has 0 saturated carbocycles. The maximum atomic E-state index is 14.2. The zero-order valence-corrected chi connectivity index (χ0v) is 19.4. The number of benzene rings is 3. The van der Waals surface area contributed by atoms with E-state index in [1.54, 1.807) is 48.5 Å². The number of nitrogens with zero attached hydrogens (tertiary/aromatic N) is 2. The zero-order valence-electron chi connectivity index (χ0n) is 18.6. The molecule has 1 aliphatic rings. The molecule has 3 aromatic rings. The van der Waals surface area contributed by atoms with Gasteiger partial charge in [-0.1, -0.05) is 47.5 Å². The van der Waals surface area contributed by atoms with Gasteiger partial charge < -0.3 is 5.11 Å². The molecule has 0 spiro atoms. The molecule has 0 unspecified atom stereocenters. The van der Waals surface area contributed by atoms with Crippen molar-refractivity contribution in [2.24, 2.45) is 5.10 Å². The van der Waals surface area contributed by atoms with E-state index in [1.807, 2.05) is 13.0 Å². The highest BCUT2D eigenvalue weighted by molar-refractivity contribution is 6.31. The van der Waals surface area contributed by atoms with Gasteiger partial charge in [-0.3, -0.25) is 9.80 Å². The number of carboxylic acid groups (broad SMARTS) is 1. The zero-order chi connectivity index (χ0) is 25.3. The van der Waals surface area contributed by atoms with Crippen molar-refractivity contribution < 1.29 is 27.5 Å². The molecule has 0 aliphatic carbocycles. The summed E-state index contributed by atoms with van der Waals surface area (Å²) in [5, 5.41) is 14.3. The van der Waals surface area contributed by atoms with Gasteiger partial charge >= 0.3 is 12.1 Å². The Morgan fingerprint density at radius 3 is 2.46 bits per heavy atom. The highest BCUT2D eigenvalue weighted by atomic mass is 35.5. The second-order valence-corrected chi connectivity index (χ2v) is 8.88. The minimum absolute atomic E-state index is 0.338. The van der Waals surface area contributed by atoms with Gasteiger partial charge in [0.15, 0.2) is 0 Å². The predicted molar refractivity (Wildman–Crippen MR) is 127 cm³/mol. The van der Waals surface area contributed by atoms with E-state index in [0.29, 0.717) is 28.3 Å². The van der Waals surface area contributed by atoms with Crippen LogP contribution >= 0.6 is 11.6 Å². The van der Waals surface area contributed by atoms with Gasteiger partial charge in [-0.2, -0.15) is 18.3 Å². The van der Waals surface area contributed by atoms with Crippen LogP contribution in [0.5, 0.6) is 0 Å². The van der Waals surface area contributed by atoms with E-state index in [9.17, 15) is 22.4 Å². The van der Waals surface area contributed by atoms with Gasteiger partial charge in [-0.25, -0.2) is 4.39 Å². The lowest BCUT2D eigenvalue weighted by Crippen LogP contribution is -2.29. The molecule has 0 radical (unpaired) electrons. The minimum atomic E-state index is -4.62. The Balaban J connectivity index is 1.54. The molecule has 4 nitrogen and oxygen atoms in total. The van der Waals surface area contributed by atoms with Crippen molar-refractivity contribution in [3.8, 4) is 11.1 Å². The third-order valence-electron chi connectivity index (χ3n) is 5.82. The molecule has 1 aliphatic heterocycles. The van der Waals surface area contributed by atoms with Crippen LogP contribution < -0.4 is 5.01 Å². The molecule has 4 rings (SSSR count). The molecule has 1 heterocycles. The van der Waals surface area contributed by atoms with Crippen molar-refractivity contribution in [3.63, 3.8) is 0 Å². The average molecular weight is 505 g/mol. The molecule has 0 fully saturated rings. The van der Waals surface area contributed by atoms with Crippen LogP contribution in [0, 0.1) is 12.7 Å². The molecular formula is C26H21ClF4N2O2. The van der Waals surface area contributed by atoms with E-state index >= 15 is 0 Å². The lowest BCUT2D eigenvalue weighted by molar-refractivity contribution is -0.137. The number of hydrazone groups is 1. The number of hydrogen-bond acceptors (Lipinski definition) is 3. The number of carboxylic acids is 1. The number of alkyl halides is 3. The molecule has 0 aromatic heterocycles. The quantitative estimate of drug-likeness (QED) is 0.367. The standard InChI is InChI=1S/C26H21ClF4N2O2/c1-15-2-9-23(28)21(10-15)17-5-6-18(22(27)12-17)11-16-3-7-19(8-4-16)33-20(14-25(34)35)13-24(32-33)26(29,30)31/h2-10,12,20H,11,13-14H2,1H3,(H,34,35)/t20-/m1/s1. The molecule has 1 atom stereocenters.